The lowest BCUT2D eigenvalue weighted by atomic mass is 10.4. The molecule has 0 aliphatic carbocycles. The van der Waals surface area contributed by atoms with E-state index in [1.165, 1.54) is 0 Å². The number of aromatic amines is 1. The molecule has 0 amide bonds. The molecule has 1 rings (SSSR count). The fourth-order valence-electron chi connectivity index (χ4n) is 0.715. The van der Waals surface area contributed by atoms with Crippen LogP contribution < -0.4 is 5.73 Å². The molecule has 0 aliphatic heterocycles. The first-order valence-electron chi connectivity index (χ1n) is 2.91. The summed E-state index contributed by atoms with van der Waals surface area (Å²) < 4.78 is 21.9. The van der Waals surface area contributed by atoms with Crippen LogP contribution in [0, 0.1) is 11.3 Å². The number of H-pyrrole nitrogens is 1. The Kier molecular flexibility index (Phi) is 1.78. The highest BCUT2D eigenvalue weighted by Crippen LogP contribution is 2.16. The molecule has 0 saturated heterocycles. The monoisotopic (exact) mass is 186 g/mol. The first-order chi connectivity index (χ1) is 5.46. The summed E-state index contributed by atoms with van der Waals surface area (Å²) in [5, 5.41) is 13.8. The number of hydrogen-bond donors (Lipinski definition) is 2. The average Bonchev–Trinajstić information content (AvgIpc) is 2.29. The van der Waals surface area contributed by atoms with Gasteiger partial charge >= 0.3 is 0 Å². The van der Waals surface area contributed by atoms with Gasteiger partial charge in [-0.15, -0.1) is 0 Å². The normalized spacial score (nSPS) is 11.0. The second-order valence-electron chi connectivity index (χ2n) is 2.20. The average molecular weight is 186 g/mol. The molecule has 0 atom stereocenters. The minimum absolute atomic E-state index is 0.0991. The molecular formula is C5H6N4O2S. The van der Waals surface area contributed by atoms with Gasteiger partial charge in [-0.25, -0.2) is 8.42 Å². The molecule has 1 aromatic heterocycles. The van der Waals surface area contributed by atoms with E-state index < -0.39 is 9.84 Å². The highest BCUT2D eigenvalue weighted by Gasteiger charge is 2.18. The van der Waals surface area contributed by atoms with Crippen molar-refractivity contribution in [2.24, 2.45) is 0 Å². The van der Waals surface area contributed by atoms with Gasteiger partial charge < -0.3 is 5.73 Å². The van der Waals surface area contributed by atoms with Gasteiger partial charge in [-0.05, 0) is 0 Å². The minimum atomic E-state index is -3.45. The Morgan fingerprint density at radius 1 is 1.67 bits per heavy atom. The van der Waals surface area contributed by atoms with Crippen LogP contribution in [0.25, 0.3) is 0 Å². The van der Waals surface area contributed by atoms with E-state index >= 15 is 0 Å². The third kappa shape index (κ3) is 1.24. The summed E-state index contributed by atoms with van der Waals surface area (Å²) in [4.78, 5) is 0. The van der Waals surface area contributed by atoms with Gasteiger partial charge in [0.15, 0.2) is 20.7 Å². The Morgan fingerprint density at radius 3 is 2.58 bits per heavy atom. The van der Waals surface area contributed by atoms with Gasteiger partial charge in [0.25, 0.3) is 0 Å². The summed E-state index contributed by atoms with van der Waals surface area (Å²) >= 11 is 0. The van der Waals surface area contributed by atoms with Crippen molar-refractivity contribution in [3.63, 3.8) is 0 Å². The van der Waals surface area contributed by atoms with E-state index in [1.807, 2.05) is 0 Å². The highest BCUT2D eigenvalue weighted by molar-refractivity contribution is 7.90. The predicted molar refractivity (Wildman–Crippen MR) is 40.8 cm³/mol. The maximum Gasteiger partial charge on any atom is 0.193 e. The number of nitrogens with two attached hydrogens (primary N) is 1. The largest absolute Gasteiger partial charge is 0.381 e. The number of anilines is 1. The quantitative estimate of drug-likeness (QED) is 0.600. The van der Waals surface area contributed by atoms with Gasteiger partial charge in [-0.1, -0.05) is 0 Å². The van der Waals surface area contributed by atoms with E-state index in [1.54, 1.807) is 6.07 Å². The third-order valence-corrected chi connectivity index (χ3v) is 2.28. The molecule has 0 aliphatic rings. The number of nitrogen functional groups attached to an aromatic ring is 1. The number of nitriles is 1. The maximum absolute atomic E-state index is 10.9. The summed E-state index contributed by atoms with van der Waals surface area (Å²) in [5.74, 6) is -0.0991. The number of rotatable bonds is 1. The van der Waals surface area contributed by atoms with Crippen molar-refractivity contribution in [1.29, 1.82) is 5.26 Å². The molecular weight excluding hydrogens is 180 g/mol. The van der Waals surface area contributed by atoms with Crippen molar-refractivity contribution in [3.05, 3.63) is 5.56 Å². The van der Waals surface area contributed by atoms with Gasteiger partial charge in [0.1, 0.15) is 11.6 Å². The summed E-state index contributed by atoms with van der Waals surface area (Å²) in [6.45, 7) is 0. The van der Waals surface area contributed by atoms with Crippen LogP contribution in [0.3, 0.4) is 0 Å². The van der Waals surface area contributed by atoms with Crippen molar-refractivity contribution in [2.45, 2.75) is 5.03 Å². The van der Waals surface area contributed by atoms with Crippen molar-refractivity contribution in [1.82, 2.24) is 10.2 Å². The summed E-state index contributed by atoms with van der Waals surface area (Å²) in [5.41, 5.74) is 5.09. The topological polar surface area (TPSA) is 113 Å². The van der Waals surface area contributed by atoms with E-state index in [9.17, 15) is 8.42 Å². The number of nitrogens with one attached hydrogen (secondary N) is 1. The van der Waals surface area contributed by atoms with Crippen LogP contribution in [0.2, 0.25) is 0 Å². The molecule has 1 heterocycles. The Labute approximate surface area is 68.9 Å². The molecule has 6 nitrogen and oxygen atoms in total. The minimum Gasteiger partial charge on any atom is -0.381 e. The fraction of sp³-hybridized carbons (Fsp3) is 0.200. The van der Waals surface area contributed by atoms with Gasteiger partial charge in [-0.3, -0.25) is 5.10 Å². The molecule has 64 valence electrons. The SMILES string of the molecule is CS(=O)(=O)c1[nH]nc(N)c1C#N. The number of sulfone groups is 1. The van der Waals surface area contributed by atoms with Crippen molar-refractivity contribution < 1.29 is 8.42 Å². The lowest BCUT2D eigenvalue weighted by Gasteiger charge is -1.90. The van der Waals surface area contributed by atoms with Crippen LogP contribution in [-0.4, -0.2) is 24.9 Å². The molecule has 0 unspecified atom stereocenters. The first kappa shape index (κ1) is 8.55. The summed E-state index contributed by atoms with van der Waals surface area (Å²) in [7, 11) is -3.45. The van der Waals surface area contributed by atoms with Crippen LogP contribution in [0.4, 0.5) is 5.82 Å². The van der Waals surface area contributed by atoms with E-state index in [4.69, 9.17) is 11.0 Å². The lowest BCUT2D eigenvalue weighted by molar-refractivity contribution is 0.597. The summed E-state index contributed by atoms with van der Waals surface area (Å²) in [6, 6.07) is 1.65. The van der Waals surface area contributed by atoms with Crippen LogP contribution in [0.1, 0.15) is 5.56 Å². The van der Waals surface area contributed by atoms with Gasteiger partial charge in [-0.2, -0.15) is 10.4 Å². The zero-order valence-electron chi connectivity index (χ0n) is 6.20. The highest BCUT2D eigenvalue weighted by atomic mass is 32.2. The maximum atomic E-state index is 10.9. The number of hydrogen-bond acceptors (Lipinski definition) is 5. The van der Waals surface area contributed by atoms with Gasteiger partial charge in [0.2, 0.25) is 0 Å². The van der Waals surface area contributed by atoms with Crippen LogP contribution in [0.15, 0.2) is 5.03 Å². The zero-order valence-corrected chi connectivity index (χ0v) is 7.01. The van der Waals surface area contributed by atoms with Crippen molar-refractivity contribution in [3.8, 4) is 6.07 Å². The summed E-state index contributed by atoms with van der Waals surface area (Å²) in [6.07, 6.45) is 0.973. The van der Waals surface area contributed by atoms with Crippen LogP contribution >= 0.6 is 0 Å². The Balaban J connectivity index is 3.49. The fourth-order valence-corrected chi connectivity index (χ4v) is 1.45. The Morgan fingerprint density at radius 2 is 2.25 bits per heavy atom. The molecule has 0 spiro atoms. The van der Waals surface area contributed by atoms with Crippen LogP contribution in [-0.2, 0) is 9.84 Å². The predicted octanol–water partition coefficient (Wildman–Crippen LogP) is -0.733. The number of nitrogens with zero attached hydrogens (tertiary/aromatic N) is 2. The van der Waals surface area contributed by atoms with Gasteiger partial charge in [0.05, 0.1) is 0 Å². The van der Waals surface area contributed by atoms with Crippen LogP contribution in [0.5, 0.6) is 0 Å². The second kappa shape index (κ2) is 2.49. The van der Waals surface area contributed by atoms with E-state index in [0.717, 1.165) is 6.26 Å². The zero-order chi connectivity index (χ0) is 9.35. The van der Waals surface area contributed by atoms with E-state index in [2.05, 4.69) is 10.2 Å². The molecule has 0 saturated carbocycles. The Hall–Kier alpha value is -1.55. The molecule has 7 heteroatoms. The van der Waals surface area contributed by atoms with E-state index in [0.29, 0.717) is 0 Å². The first-order valence-corrected chi connectivity index (χ1v) is 4.80. The molecule has 0 radical (unpaired) electrons. The second-order valence-corrected chi connectivity index (χ2v) is 4.15. The molecule has 12 heavy (non-hydrogen) atoms. The van der Waals surface area contributed by atoms with Crippen molar-refractivity contribution >= 4 is 15.7 Å². The standard InChI is InChI=1S/C5H6N4O2S/c1-12(10,11)5-3(2-6)4(7)8-9-5/h1H3,(H3,7,8,9). The lowest BCUT2D eigenvalue weighted by Crippen LogP contribution is -2.00. The smallest absolute Gasteiger partial charge is 0.193 e. The molecule has 0 aromatic carbocycles. The molecule has 0 fully saturated rings. The molecule has 0 bridgehead atoms. The van der Waals surface area contributed by atoms with E-state index in [-0.39, 0.29) is 16.4 Å². The molecule has 3 N–H and O–H groups in total. The number of aromatic nitrogens is 2. The van der Waals surface area contributed by atoms with Crippen molar-refractivity contribution in [2.75, 3.05) is 12.0 Å². The third-order valence-electron chi connectivity index (χ3n) is 1.24. The molecule has 1 aromatic rings. The Bertz CT molecular complexity index is 439. The van der Waals surface area contributed by atoms with Gasteiger partial charge in [0, 0.05) is 6.26 Å².